The third-order valence-electron chi connectivity index (χ3n) is 3.57. The maximum absolute atomic E-state index is 12.0. The molecule has 1 aliphatic rings. The summed E-state index contributed by atoms with van der Waals surface area (Å²) >= 11 is 5.93. The second-order valence-electron chi connectivity index (χ2n) is 5.53. The smallest absolute Gasteiger partial charge is 0.279 e. The molecule has 8 heteroatoms. The van der Waals surface area contributed by atoms with Crippen molar-refractivity contribution in [3.05, 3.63) is 34.9 Å². The van der Waals surface area contributed by atoms with E-state index < -0.39 is 10.2 Å². The van der Waals surface area contributed by atoms with Crippen LogP contribution in [0.5, 0.6) is 0 Å². The van der Waals surface area contributed by atoms with Gasteiger partial charge in [0.1, 0.15) is 0 Å². The highest BCUT2D eigenvalue weighted by Crippen LogP contribution is 2.15. The summed E-state index contributed by atoms with van der Waals surface area (Å²) in [5, 5.41) is 0.668. The van der Waals surface area contributed by atoms with Gasteiger partial charge >= 0.3 is 0 Å². The number of amides is 1. The highest BCUT2D eigenvalue weighted by atomic mass is 35.5. The molecule has 1 aromatic rings. The molecule has 1 amide bonds. The molecule has 0 aliphatic carbocycles. The van der Waals surface area contributed by atoms with Crippen molar-refractivity contribution < 1.29 is 13.2 Å². The summed E-state index contributed by atoms with van der Waals surface area (Å²) < 4.78 is 27.2. The SMILES string of the molecule is CN(C)S(=O)(=O)N[C@H]1CC(=O)N(CCc2cccc(Cl)c2)C1. The summed E-state index contributed by atoms with van der Waals surface area (Å²) in [6, 6.07) is 7.13. The molecule has 0 spiro atoms. The van der Waals surface area contributed by atoms with Gasteiger partial charge in [0.15, 0.2) is 0 Å². The summed E-state index contributed by atoms with van der Waals surface area (Å²) in [6.07, 6.45) is 0.891. The monoisotopic (exact) mass is 345 g/mol. The molecule has 2 rings (SSSR count). The molecular formula is C14H20ClN3O3S. The molecule has 1 N–H and O–H groups in total. The molecule has 0 bridgehead atoms. The number of halogens is 1. The minimum Gasteiger partial charge on any atom is -0.341 e. The van der Waals surface area contributed by atoms with E-state index in [1.165, 1.54) is 14.1 Å². The highest BCUT2D eigenvalue weighted by Gasteiger charge is 2.32. The van der Waals surface area contributed by atoms with Gasteiger partial charge in [0, 0.05) is 44.7 Å². The van der Waals surface area contributed by atoms with E-state index in [1.54, 1.807) is 11.0 Å². The van der Waals surface area contributed by atoms with Crippen LogP contribution in [0.1, 0.15) is 12.0 Å². The van der Waals surface area contributed by atoms with Crippen LogP contribution >= 0.6 is 11.6 Å². The Hall–Kier alpha value is -1.15. The summed E-state index contributed by atoms with van der Waals surface area (Å²) in [6.45, 7) is 0.950. The molecule has 1 fully saturated rings. The van der Waals surface area contributed by atoms with Crippen LogP contribution in [-0.2, 0) is 21.4 Å². The Morgan fingerprint density at radius 2 is 2.14 bits per heavy atom. The summed E-state index contributed by atoms with van der Waals surface area (Å²) in [7, 11) is -0.605. The van der Waals surface area contributed by atoms with Crippen molar-refractivity contribution in [2.45, 2.75) is 18.9 Å². The largest absolute Gasteiger partial charge is 0.341 e. The van der Waals surface area contributed by atoms with E-state index in [0.717, 1.165) is 9.87 Å². The molecule has 22 heavy (non-hydrogen) atoms. The number of hydrogen-bond acceptors (Lipinski definition) is 3. The first-order valence-electron chi connectivity index (χ1n) is 7.00. The Bertz CT molecular complexity index is 648. The van der Waals surface area contributed by atoms with E-state index in [2.05, 4.69) is 4.72 Å². The Morgan fingerprint density at radius 1 is 1.41 bits per heavy atom. The van der Waals surface area contributed by atoms with E-state index in [1.807, 2.05) is 18.2 Å². The summed E-state index contributed by atoms with van der Waals surface area (Å²) in [5.41, 5.74) is 1.05. The molecule has 1 heterocycles. The van der Waals surface area contributed by atoms with Gasteiger partial charge in [-0.25, -0.2) is 0 Å². The predicted octanol–water partition coefficient (Wildman–Crippen LogP) is 0.879. The van der Waals surface area contributed by atoms with Crippen molar-refractivity contribution in [1.29, 1.82) is 0 Å². The third-order valence-corrected chi connectivity index (χ3v) is 5.40. The molecule has 0 unspecified atom stereocenters. The number of carbonyl (C=O) groups is 1. The molecule has 1 saturated heterocycles. The van der Waals surface area contributed by atoms with Crippen LogP contribution in [0.4, 0.5) is 0 Å². The zero-order chi connectivity index (χ0) is 16.3. The van der Waals surface area contributed by atoms with Crippen LogP contribution in [0.3, 0.4) is 0 Å². The van der Waals surface area contributed by atoms with E-state index in [4.69, 9.17) is 11.6 Å². The summed E-state index contributed by atoms with van der Waals surface area (Å²) in [4.78, 5) is 13.7. The standard InChI is InChI=1S/C14H20ClN3O3S/c1-17(2)22(20,21)16-13-9-14(19)18(10-13)7-6-11-4-3-5-12(15)8-11/h3-5,8,13,16H,6-7,9-10H2,1-2H3/t13-/m0/s1. The first-order chi connectivity index (χ1) is 10.3. The number of carbonyl (C=O) groups excluding carboxylic acids is 1. The van der Waals surface area contributed by atoms with Gasteiger partial charge in [0.25, 0.3) is 10.2 Å². The van der Waals surface area contributed by atoms with Gasteiger partial charge in [-0.05, 0) is 24.1 Å². The maximum Gasteiger partial charge on any atom is 0.279 e. The van der Waals surface area contributed by atoms with Crippen LogP contribution in [0, 0.1) is 0 Å². The molecule has 1 aromatic carbocycles. The van der Waals surface area contributed by atoms with Gasteiger partial charge in [0.05, 0.1) is 0 Å². The number of benzene rings is 1. The van der Waals surface area contributed by atoms with E-state index >= 15 is 0 Å². The highest BCUT2D eigenvalue weighted by molar-refractivity contribution is 7.87. The zero-order valence-corrected chi connectivity index (χ0v) is 14.2. The number of hydrogen-bond donors (Lipinski definition) is 1. The van der Waals surface area contributed by atoms with Crippen molar-refractivity contribution in [3.63, 3.8) is 0 Å². The van der Waals surface area contributed by atoms with Gasteiger partial charge in [0.2, 0.25) is 5.91 Å². The lowest BCUT2D eigenvalue weighted by Gasteiger charge is -2.18. The van der Waals surface area contributed by atoms with Crippen molar-refractivity contribution in [1.82, 2.24) is 13.9 Å². The molecule has 0 saturated carbocycles. The molecule has 0 aromatic heterocycles. The quantitative estimate of drug-likeness (QED) is 0.832. The van der Waals surface area contributed by atoms with Crippen LogP contribution in [0.25, 0.3) is 0 Å². The predicted molar refractivity (Wildman–Crippen MR) is 85.9 cm³/mol. The van der Waals surface area contributed by atoms with Gasteiger partial charge in [-0.1, -0.05) is 23.7 Å². The molecule has 122 valence electrons. The fourth-order valence-corrected chi connectivity index (χ4v) is 3.34. The normalized spacial score (nSPS) is 19.2. The Labute approximate surface area is 136 Å². The third kappa shape index (κ3) is 4.42. The lowest BCUT2D eigenvalue weighted by Crippen LogP contribution is -2.43. The van der Waals surface area contributed by atoms with Crippen molar-refractivity contribution in [3.8, 4) is 0 Å². The Kier molecular flexibility index (Phi) is 5.44. The summed E-state index contributed by atoms with van der Waals surface area (Å²) in [5.74, 6) is -0.0338. The number of likely N-dealkylation sites (tertiary alicyclic amines) is 1. The fraction of sp³-hybridized carbons (Fsp3) is 0.500. The zero-order valence-electron chi connectivity index (χ0n) is 12.6. The van der Waals surface area contributed by atoms with Crippen LogP contribution in [0.15, 0.2) is 24.3 Å². The number of nitrogens with one attached hydrogen (secondary N) is 1. The second kappa shape index (κ2) is 6.95. The molecular weight excluding hydrogens is 326 g/mol. The van der Waals surface area contributed by atoms with Crippen LogP contribution < -0.4 is 4.72 Å². The van der Waals surface area contributed by atoms with E-state index in [0.29, 0.717) is 24.5 Å². The fourth-order valence-electron chi connectivity index (χ4n) is 2.34. The van der Waals surface area contributed by atoms with Gasteiger partial charge in [-0.2, -0.15) is 17.4 Å². The number of nitrogens with zero attached hydrogens (tertiary/aromatic N) is 2. The molecule has 0 radical (unpaired) electrons. The van der Waals surface area contributed by atoms with Crippen LogP contribution in [0.2, 0.25) is 5.02 Å². The van der Waals surface area contributed by atoms with E-state index in [-0.39, 0.29) is 18.4 Å². The first kappa shape index (κ1) is 17.2. The Balaban J connectivity index is 1.90. The minimum absolute atomic E-state index is 0.0338. The van der Waals surface area contributed by atoms with Crippen molar-refractivity contribution >= 4 is 27.7 Å². The van der Waals surface area contributed by atoms with Crippen molar-refractivity contribution in [2.24, 2.45) is 0 Å². The average Bonchev–Trinajstić information content (AvgIpc) is 2.75. The molecule has 1 atom stereocenters. The molecule has 1 aliphatic heterocycles. The van der Waals surface area contributed by atoms with Crippen molar-refractivity contribution in [2.75, 3.05) is 27.2 Å². The average molecular weight is 346 g/mol. The first-order valence-corrected chi connectivity index (χ1v) is 8.82. The van der Waals surface area contributed by atoms with E-state index in [9.17, 15) is 13.2 Å². The topological polar surface area (TPSA) is 69.7 Å². The maximum atomic E-state index is 12.0. The lowest BCUT2D eigenvalue weighted by molar-refractivity contribution is -0.127. The van der Waals surface area contributed by atoms with Gasteiger partial charge in [-0.3, -0.25) is 4.79 Å². The minimum atomic E-state index is -3.51. The van der Waals surface area contributed by atoms with Gasteiger partial charge in [-0.15, -0.1) is 0 Å². The molecule has 6 nitrogen and oxygen atoms in total. The Morgan fingerprint density at radius 3 is 2.77 bits per heavy atom. The number of rotatable bonds is 6. The second-order valence-corrected chi connectivity index (χ2v) is 7.88. The van der Waals surface area contributed by atoms with Crippen LogP contribution in [-0.4, -0.2) is 56.8 Å². The van der Waals surface area contributed by atoms with Gasteiger partial charge < -0.3 is 4.90 Å². The lowest BCUT2D eigenvalue weighted by atomic mass is 10.1.